The normalized spacial score (nSPS) is 29.0. The van der Waals surface area contributed by atoms with Gasteiger partial charge in [-0.3, -0.25) is 9.69 Å². The van der Waals surface area contributed by atoms with Gasteiger partial charge >= 0.3 is 0 Å². The zero-order valence-corrected chi connectivity index (χ0v) is 14.0. The average molecular weight is 312 g/mol. The molecule has 0 unspecified atom stereocenters. The third kappa shape index (κ3) is 3.16. The lowest BCUT2D eigenvalue weighted by Gasteiger charge is -2.31. The minimum Gasteiger partial charge on any atom is -0.341 e. The number of amides is 1. The minimum atomic E-state index is 0.347. The van der Waals surface area contributed by atoms with Crippen LogP contribution in [-0.4, -0.2) is 41.4 Å². The molecule has 0 radical (unpaired) electrons. The van der Waals surface area contributed by atoms with Gasteiger partial charge in [0.05, 0.1) is 0 Å². The number of benzene rings is 1. The van der Waals surface area contributed by atoms with E-state index in [-0.39, 0.29) is 0 Å². The molecular weight excluding hydrogens is 284 g/mol. The monoisotopic (exact) mass is 312 g/mol. The Morgan fingerprint density at radius 1 is 1.00 bits per heavy atom. The minimum absolute atomic E-state index is 0.347. The summed E-state index contributed by atoms with van der Waals surface area (Å²) in [5, 5.41) is 0. The summed E-state index contributed by atoms with van der Waals surface area (Å²) in [4.78, 5) is 17.5. The molecule has 0 bridgehead atoms. The Morgan fingerprint density at radius 3 is 2.57 bits per heavy atom. The molecule has 124 valence electrons. The van der Waals surface area contributed by atoms with E-state index in [4.69, 9.17) is 0 Å². The standard InChI is InChI=1S/C20H28N2O/c23-20(17-10-6-11-17)22-14-18-9-4-5-12-21(19(18)15-22)13-16-7-2-1-3-8-16/h1-3,7-8,17-19H,4-6,9-15H2/t18-,19+/m0/s1. The molecule has 2 saturated heterocycles. The Balaban J connectivity index is 1.46. The van der Waals surface area contributed by atoms with Gasteiger partial charge in [-0.05, 0) is 43.7 Å². The van der Waals surface area contributed by atoms with Crippen LogP contribution in [0.2, 0.25) is 0 Å². The molecule has 1 amide bonds. The van der Waals surface area contributed by atoms with Gasteiger partial charge in [-0.2, -0.15) is 0 Å². The molecule has 1 aromatic carbocycles. The SMILES string of the molecule is O=C(C1CCC1)N1C[C@@H]2CCCCN(Cc3ccccc3)[C@@H]2C1. The molecule has 3 heteroatoms. The van der Waals surface area contributed by atoms with Crippen molar-refractivity contribution in [3.8, 4) is 0 Å². The first kappa shape index (κ1) is 15.2. The van der Waals surface area contributed by atoms with E-state index >= 15 is 0 Å². The van der Waals surface area contributed by atoms with Crippen LogP contribution < -0.4 is 0 Å². The number of likely N-dealkylation sites (tertiary alicyclic amines) is 2. The van der Waals surface area contributed by atoms with Crippen molar-refractivity contribution in [3.63, 3.8) is 0 Å². The van der Waals surface area contributed by atoms with Crippen LogP contribution in [-0.2, 0) is 11.3 Å². The van der Waals surface area contributed by atoms with E-state index < -0.39 is 0 Å². The fourth-order valence-electron chi connectivity index (χ4n) is 4.55. The fraction of sp³-hybridized carbons (Fsp3) is 0.650. The van der Waals surface area contributed by atoms with Gasteiger partial charge in [0, 0.05) is 31.6 Å². The maximum atomic E-state index is 12.6. The number of carbonyl (C=O) groups is 1. The molecule has 3 fully saturated rings. The Morgan fingerprint density at radius 2 is 1.83 bits per heavy atom. The molecule has 1 aliphatic carbocycles. The third-order valence-electron chi connectivity index (χ3n) is 6.14. The molecule has 1 saturated carbocycles. The van der Waals surface area contributed by atoms with Gasteiger partial charge in [-0.15, -0.1) is 0 Å². The Hall–Kier alpha value is -1.35. The second-order valence-electron chi connectivity index (χ2n) is 7.65. The summed E-state index contributed by atoms with van der Waals surface area (Å²) in [6.45, 7) is 4.19. The summed E-state index contributed by atoms with van der Waals surface area (Å²) in [6.07, 6.45) is 7.41. The van der Waals surface area contributed by atoms with Crippen LogP contribution in [0.25, 0.3) is 0 Å². The van der Waals surface area contributed by atoms with Crippen molar-refractivity contribution in [2.24, 2.45) is 11.8 Å². The van der Waals surface area contributed by atoms with Crippen LogP contribution in [0.15, 0.2) is 30.3 Å². The average Bonchev–Trinajstić information content (AvgIpc) is 2.85. The van der Waals surface area contributed by atoms with E-state index in [1.54, 1.807) is 0 Å². The van der Waals surface area contributed by atoms with Crippen molar-refractivity contribution in [3.05, 3.63) is 35.9 Å². The van der Waals surface area contributed by atoms with E-state index in [1.807, 2.05) is 0 Å². The molecule has 3 nitrogen and oxygen atoms in total. The zero-order chi connectivity index (χ0) is 15.6. The summed E-state index contributed by atoms with van der Waals surface area (Å²) in [7, 11) is 0. The Kier molecular flexibility index (Phi) is 4.39. The quantitative estimate of drug-likeness (QED) is 0.855. The summed E-state index contributed by atoms with van der Waals surface area (Å²) in [5.41, 5.74) is 1.40. The molecule has 2 heterocycles. The third-order valence-corrected chi connectivity index (χ3v) is 6.14. The van der Waals surface area contributed by atoms with Gasteiger partial charge in [0.25, 0.3) is 0 Å². The first-order valence-corrected chi connectivity index (χ1v) is 9.38. The van der Waals surface area contributed by atoms with E-state index in [0.717, 1.165) is 32.5 Å². The second-order valence-corrected chi connectivity index (χ2v) is 7.65. The van der Waals surface area contributed by atoms with E-state index in [0.29, 0.717) is 23.8 Å². The van der Waals surface area contributed by atoms with Crippen molar-refractivity contribution in [2.45, 2.75) is 51.1 Å². The number of nitrogens with zero attached hydrogens (tertiary/aromatic N) is 2. The predicted octanol–water partition coefficient (Wildman–Crippen LogP) is 3.30. The number of hydrogen-bond donors (Lipinski definition) is 0. The topological polar surface area (TPSA) is 23.6 Å². The highest BCUT2D eigenvalue weighted by Gasteiger charge is 2.41. The largest absolute Gasteiger partial charge is 0.341 e. The van der Waals surface area contributed by atoms with Crippen molar-refractivity contribution in [1.29, 1.82) is 0 Å². The summed E-state index contributed by atoms with van der Waals surface area (Å²) < 4.78 is 0. The highest BCUT2D eigenvalue weighted by molar-refractivity contribution is 5.80. The Bertz CT molecular complexity index is 540. The number of rotatable bonds is 3. The van der Waals surface area contributed by atoms with Crippen molar-refractivity contribution < 1.29 is 4.79 Å². The first-order chi connectivity index (χ1) is 11.3. The number of fused-ring (bicyclic) bond motifs is 1. The van der Waals surface area contributed by atoms with E-state index in [9.17, 15) is 4.79 Å². The lowest BCUT2D eigenvalue weighted by Crippen LogP contribution is -2.42. The molecule has 4 rings (SSSR count). The lowest BCUT2D eigenvalue weighted by molar-refractivity contribution is -0.137. The maximum absolute atomic E-state index is 12.6. The molecule has 0 spiro atoms. The van der Waals surface area contributed by atoms with Crippen LogP contribution in [0, 0.1) is 11.8 Å². The second kappa shape index (κ2) is 6.64. The molecule has 1 aromatic rings. The van der Waals surface area contributed by atoms with Gasteiger partial charge in [-0.25, -0.2) is 0 Å². The zero-order valence-electron chi connectivity index (χ0n) is 14.0. The van der Waals surface area contributed by atoms with E-state index in [1.165, 1.54) is 37.8 Å². The van der Waals surface area contributed by atoms with Gasteiger partial charge < -0.3 is 4.90 Å². The smallest absolute Gasteiger partial charge is 0.225 e. The number of carbonyl (C=O) groups excluding carboxylic acids is 1. The van der Waals surface area contributed by atoms with Crippen molar-refractivity contribution >= 4 is 5.91 Å². The molecule has 23 heavy (non-hydrogen) atoms. The maximum Gasteiger partial charge on any atom is 0.225 e. The first-order valence-electron chi connectivity index (χ1n) is 9.38. The molecule has 2 aliphatic heterocycles. The van der Waals surface area contributed by atoms with Gasteiger partial charge in [0.1, 0.15) is 0 Å². The summed E-state index contributed by atoms with van der Waals surface area (Å²) in [5.74, 6) is 1.48. The van der Waals surface area contributed by atoms with Crippen molar-refractivity contribution in [1.82, 2.24) is 9.80 Å². The molecular formula is C20H28N2O. The summed E-state index contributed by atoms with van der Waals surface area (Å²) in [6, 6.07) is 11.4. The van der Waals surface area contributed by atoms with Crippen molar-refractivity contribution in [2.75, 3.05) is 19.6 Å². The predicted molar refractivity (Wildman–Crippen MR) is 91.9 cm³/mol. The highest BCUT2D eigenvalue weighted by atomic mass is 16.2. The van der Waals surface area contributed by atoms with Crippen LogP contribution >= 0.6 is 0 Å². The van der Waals surface area contributed by atoms with Gasteiger partial charge in [-0.1, -0.05) is 43.2 Å². The van der Waals surface area contributed by atoms with E-state index in [2.05, 4.69) is 40.1 Å². The van der Waals surface area contributed by atoms with Crippen LogP contribution in [0.4, 0.5) is 0 Å². The molecule has 3 aliphatic rings. The van der Waals surface area contributed by atoms with Crippen LogP contribution in [0.3, 0.4) is 0 Å². The highest BCUT2D eigenvalue weighted by Crippen LogP contribution is 2.34. The van der Waals surface area contributed by atoms with Gasteiger partial charge in [0.2, 0.25) is 5.91 Å². The Labute approximate surface area is 139 Å². The molecule has 2 atom stereocenters. The summed E-state index contributed by atoms with van der Waals surface area (Å²) >= 11 is 0. The number of hydrogen-bond acceptors (Lipinski definition) is 2. The molecule has 0 N–H and O–H groups in total. The molecule has 0 aromatic heterocycles. The lowest BCUT2D eigenvalue weighted by atomic mass is 9.84. The van der Waals surface area contributed by atoms with Gasteiger partial charge in [0.15, 0.2) is 0 Å². The van der Waals surface area contributed by atoms with Crippen LogP contribution in [0.1, 0.15) is 44.1 Å². The van der Waals surface area contributed by atoms with Crippen LogP contribution in [0.5, 0.6) is 0 Å². The fourth-order valence-corrected chi connectivity index (χ4v) is 4.55.